The van der Waals surface area contributed by atoms with E-state index in [0.29, 0.717) is 0 Å². The molecule has 0 amide bonds. The fourth-order valence-electron chi connectivity index (χ4n) is 4.03. The summed E-state index contributed by atoms with van der Waals surface area (Å²) in [5.41, 5.74) is 5.99. The van der Waals surface area contributed by atoms with Crippen molar-refractivity contribution in [3.63, 3.8) is 0 Å². The van der Waals surface area contributed by atoms with Gasteiger partial charge < -0.3 is 15.4 Å². The third kappa shape index (κ3) is 2.31. The molecule has 4 atom stereocenters. The molecule has 3 heterocycles. The van der Waals surface area contributed by atoms with Gasteiger partial charge in [0, 0.05) is 37.3 Å². The van der Waals surface area contributed by atoms with Crippen LogP contribution in [0.2, 0.25) is 0 Å². The number of nitrogens with two attached hydrogens (primary N) is 1. The minimum absolute atomic E-state index is 0.149. The van der Waals surface area contributed by atoms with E-state index in [1.807, 2.05) is 0 Å². The van der Waals surface area contributed by atoms with Crippen molar-refractivity contribution in [1.29, 1.82) is 0 Å². The summed E-state index contributed by atoms with van der Waals surface area (Å²) >= 11 is 0. The molecule has 4 heteroatoms. The lowest BCUT2D eigenvalue weighted by molar-refractivity contribution is -0.0636. The van der Waals surface area contributed by atoms with Crippen LogP contribution in [-0.4, -0.2) is 66.8 Å². The Morgan fingerprint density at radius 1 is 1.17 bits per heavy atom. The number of fused-ring (bicyclic) bond motifs is 2. The highest BCUT2D eigenvalue weighted by Gasteiger charge is 2.41. The Morgan fingerprint density at radius 2 is 1.83 bits per heavy atom. The standard InChI is InChI=1S/C14H27N3O/c1-10(15)14-9-17(5-6-18-14)13-7-11-3-4-12(8-13)16(11)2/h10-14H,3-9,15H2,1-2H3. The average molecular weight is 253 g/mol. The first-order valence-corrected chi connectivity index (χ1v) is 7.48. The first-order valence-electron chi connectivity index (χ1n) is 7.48. The molecule has 4 unspecified atom stereocenters. The normalized spacial score (nSPS) is 44.2. The van der Waals surface area contributed by atoms with E-state index in [1.165, 1.54) is 25.7 Å². The monoisotopic (exact) mass is 253 g/mol. The molecule has 4 nitrogen and oxygen atoms in total. The zero-order chi connectivity index (χ0) is 12.7. The third-order valence-corrected chi connectivity index (χ3v) is 5.30. The van der Waals surface area contributed by atoms with Gasteiger partial charge in [-0.25, -0.2) is 0 Å². The Hall–Kier alpha value is -0.160. The molecule has 3 fully saturated rings. The highest BCUT2D eigenvalue weighted by molar-refractivity contribution is 4.97. The number of nitrogens with zero attached hydrogens (tertiary/aromatic N) is 2. The largest absolute Gasteiger partial charge is 0.374 e. The van der Waals surface area contributed by atoms with Crippen LogP contribution in [0.3, 0.4) is 0 Å². The van der Waals surface area contributed by atoms with Gasteiger partial charge in [0.15, 0.2) is 0 Å². The first kappa shape index (κ1) is 12.9. The molecule has 0 aromatic carbocycles. The summed E-state index contributed by atoms with van der Waals surface area (Å²) in [4.78, 5) is 5.26. The third-order valence-electron chi connectivity index (χ3n) is 5.30. The zero-order valence-corrected chi connectivity index (χ0v) is 11.7. The van der Waals surface area contributed by atoms with Gasteiger partial charge in [0.05, 0.1) is 12.7 Å². The number of hydrogen-bond donors (Lipinski definition) is 1. The van der Waals surface area contributed by atoms with Crippen molar-refractivity contribution in [2.45, 2.75) is 62.9 Å². The first-order chi connectivity index (χ1) is 8.65. The van der Waals surface area contributed by atoms with Gasteiger partial charge in [-0.15, -0.1) is 0 Å². The van der Waals surface area contributed by atoms with Crippen LogP contribution in [0.15, 0.2) is 0 Å². The highest BCUT2D eigenvalue weighted by atomic mass is 16.5. The van der Waals surface area contributed by atoms with E-state index in [1.54, 1.807) is 0 Å². The summed E-state index contributed by atoms with van der Waals surface area (Å²) in [5.74, 6) is 0. The maximum Gasteiger partial charge on any atom is 0.0850 e. The molecular formula is C14H27N3O. The van der Waals surface area contributed by atoms with Gasteiger partial charge in [-0.1, -0.05) is 0 Å². The molecule has 0 aromatic heterocycles. The van der Waals surface area contributed by atoms with E-state index < -0.39 is 0 Å². The van der Waals surface area contributed by atoms with E-state index in [9.17, 15) is 0 Å². The van der Waals surface area contributed by atoms with Crippen molar-refractivity contribution in [2.24, 2.45) is 5.73 Å². The minimum atomic E-state index is 0.149. The molecule has 0 aromatic rings. The van der Waals surface area contributed by atoms with Crippen LogP contribution in [0.25, 0.3) is 0 Å². The van der Waals surface area contributed by atoms with E-state index >= 15 is 0 Å². The summed E-state index contributed by atoms with van der Waals surface area (Å²) in [6, 6.07) is 2.57. The molecular weight excluding hydrogens is 226 g/mol. The lowest BCUT2D eigenvalue weighted by Crippen LogP contribution is -2.56. The summed E-state index contributed by atoms with van der Waals surface area (Å²) < 4.78 is 5.77. The number of hydrogen-bond acceptors (Lipinski definition) is 4. The molecule has 0 aliphatic carbocycles. The summed E-state index contributed by atoms with van der Waals surface area (Å²) in [6.07, 6.45) is 5.73. The van der Waals surface area contributed by atoms with Crippen LogP contribution >= 0.6 is 0 Å². The molecule has 18 heavy (non-hydrogen) atoms. The molecule has 3 saturated heterocycles. The van der Waals surface area contributed by atoms with Crippen LogP contribution in [0.1, 0.15) is 32.6 Å². The Kier molecular flexibility index (Phi) is 3.63. The molecule has 0 saturated carbocycles. The molecule has 2 N–H and O–H groups in total. The van der Waals surface area contributed by atoms with Gasteiger partial charge in [-0.3, -0.25) is 4.90 Å². The van der Waals surface area contributed by atoms with Crippen molar-refractivity contribution in [3.8, 4) is 0 Å². The van der Waals surface area contributed by atoms with Crippen LogP contribution in [0.4, 0.5) is 0 Å². The SMILES string of the molecule is CC(N)C1CN(C2CC3CCC(C2)N3C)CCO1. The lowest BCUT2D eigenvalue weighted by atomic mass is 9.95. The highest BCUT2D eigenvalue weighted by Crippen LogP contribution is 2.36. The van der Waals surface area contributed by atoms with Gasteiger partial charge >= 0.3 is 0 Å². The summed E-state index contributed by atoms with van der Waals surface area (Å²) in [5, 5.41) is 0. The molecule has 3 aliphatic heterocycles. The van der Waals surface area contributed by atoms with Crippen LogP contribution in [0, 0.1) is 0 Å². The van der Waals surface area contributed by atoms with Crippen LogP contribution in [-0.2, 0) is 4.74 Å². The topological polar surface area (TPSA) is 41.7 Å². The van der Waals surface area contributed by atoms with E-state index in [-0.39, 0.29) is 12.1 Å². The van der Waals surface area contributed by atoms with E-state index in [4.69, 9.17) is 10.5 Å². The smallest absolute Gasteiger partial charge is 0.0850 e. The molecule has 0 spiro atoms. The number of rotatable bonds is 2. The lowest BCUT2D eigenvalue weighted by Gasteiger charge is -2.45. The summed E-state index contributed by atoms with van der Waals surface area (Å²) in [7, 11) is 2.31. The van der Waals surface area contributed by atoms with Crippen molar-refractivity contribution in [3.05, 3.63) is 0 Å². The average Bonchev–Trinajstić information content (AvgIpc) is 2.61. The fourth-order valence-corrected chi connectivity index (χ4v) is 4.03. The van der Waals surface area contributed by atoms with Crippen LogP contribution in [0.5, 0.6) is 0 Å². The van der Waals surface area contributed by atoms with Crippen molar-refractivity contribution in [2.75, 3.05) is 26.7 Å². The van der Waals surface area contributed by atoms with Gasteiger partial charge in [0.1, 0.15) is 0 Å². The van der Waals surface area contributed by atoms with Crippen molar-refractivity contribution in [1.82, 2.24) is 9.80 Å². The van der Waals surface area contributed by atoms with Crippen molar-refractivity contribution >= 4 is 0 Å². The second-order valence-electron chi connectivity index (χ2n) is 6.44. The number of morpholine rings is 1. The maximum atomic E-state index is 5.99. The molecule has 0 radical (unpaired) electrons. The van der Waals surface area contributed by atoms with Crippen molar-refractivity contribution < 1.29 is 4.74 Å². The van der Waals surface area contributed by atoms with E-state index in [0.717, 1.165) is 37.8 Å². The second kappa shape index (κ2) is 5.08. The van der Waals surface area contributed by atoms with E-state index in [2.05, 4.69) is 23.8 Å². The molecule has 104 valence electrons. The Morgan fingerprint density at radius 3 is 2.44 bits per heavy atom. The predicted molar refractivity (Wildman–Crippen MR) is 72.6 cm³/mol. The fraction of sp³-hybridized carbons (Fsp3) is 1.00. The van der Waals surface area contributed by atoms with Gasteiger partial charge in [0.25, 0.3) is 0 Å². The predicted octanol–water partition coefficient (Wildman–Crippen LogP) is 0.660. The maximum absolute atomic E-state index is 5.99. The van der Waals surface area contributed by atoms with Gasteiger partial charge in [-0.05, 0) is 39.7 Å². The quantitative estimate of drug-likeness (QED) is 0.785. The van der Waals surface area contributed by atoms with Gasteiger partial charge in [0.2, 0.25) is 0 Å². The Bertz CT molecular complexity index is 283. The molecule has 3 rings (SSSR count). The molecule has 3 aliphatic rings. The Balaban J connectivity index is 1.62. The number of ether oxygens (including phenoxy) is 1. The molecule has 2 bridgehead atoms. The zero-order valence-electron chi connectivity index (χ0n) is 11.7. The van der Waals surface area contributed by atoms with Gasteiger partial charge in [-0.2, -0.15) is 0 Å². The Labute approximate surface area is 110 Å². The summed E-state index contributed by atoms with van der Waals surface area (Å²) in [6.45, 7) is 5.04. The second-order valence-corrected chi connectivity index (χ2v) is 6.44. The number of piperidine rings is 1. The van der Waals surface area contributed by atoms with Crippen LogP contribution < -0.4 is 5.73 Å². The minimum Gasteiger partial charge on any atom is -0.374 e.